The average Bonchev–Trinajstić information content (AvgIpc) is 2.79. The van der Waals surface area contributed by atoms with Gasteiger partial charge in [0.25, 0.3) is 0 Å². The molecular formula is C10H16O3. The lowest BCUT2D eigenvalue weighted by Crippen LogP contribution is -2.14. The summed E-state index contributed by atoms with van der Waals surface area (Å²) >= 11 is 0. The Morgan fingerprint density at radius 3 is 2.62 bits per heavy atom. The van der Waals surface area contributed by atoms with Crippen LogP contribution in [0.3, 0.4) is 0 Å². The highest BCUT2D eigenvalue weighted by atomic mass is 16.5. The monoisotopic (exact) mass is 184 g/mol. The number of rotatable bonds is 4. The van der Waals surface area contributed by atoms with Gasteiger partial charge in [0, 0.05) is 6.61 Å². The van der Waals surface area contributed by atoms with E-state index in [1.165, 1.54) is 12.8 Å². The van der Waals surface area contributed by atoms with E-state index in [9.17, 15) is 4.79 Å². The largest absolute Gasteiger partial charge is 0.481 e. The zero-order chi connectivity index (χ0) is 9.26. The second kappa shape index (κ2) is 3.66. The fraction of sp³-hybridized carbons (Fsp3) is 0.900. The van der Waals surface area contributed by atoms with Crippen LogP contribution in [0.1, 0.15) is 32.1 Å². The first kappa shape index (κ1) is 9.00. The van der Waals surface area contributed by atoms with Gasteiger partial charge < -0.3 is 9.84 Å². The molecule has 2 saturated carbocycles. The quantitative estimate of drug-likeness (QED) is 0.722. The number of hydrogen-bond donors (Lipinski definition) is 1. The third-order valence-corrected chi connectivity index (χ3v) is 3.00. The minimum atomic E-state index is -0.655. The zero-order valence-corrected chi connectivity index (χ0v) is 7.74. The molecule has 0 amide bonds. The predicted octanol–water partition coefficient (Wildman–Crippen LogP) is 1.67. The summed E-state index contributed by atoms with van der Waals surface area (Å²) in [6.07, 6.45) is 5.28. The van der Waals surface area contributed by atoms with E-state index >= 15 is 0 Å². The molecule has 0 aromatic heterocycles. The van der Waals surface area contributed by atoms with Crippen molar-refractivity contribution in [3.63, 3.8) is 0 Å². The highest BCUT2D eigenvalue weighted by Crippen LogP contribution is 2.32. The van der Waals surface area contributed by atoms with E-state index in [4.69, 9.17) is 9.84 Å². The van der Waals surface area contributed by atoms with Gasteiger partial charge in [0.15, 0.2) is 0 Å². The normalized spacial score (nSPS) is 33.5. The Hall–Kier alpha value is -0.570. The molecule has 0 radical (unpaired) electrons. The molecule has 13 heavy (non-hydrogen) atoms. The first-order valence-electron chi connectivity index (χ1n) is 5.10. The van der Waals surface area contributed by atoms with Gasteiger partial charge in [-0.05, 0) is 38.0 Å². The summed E-state index contributed by atoms with van der Waals surface area (Å²) in [6.45, 7) is 0.858. The van der Waals surface area contributed by atoms with Crippen molar-refractivity contribution in [3.8, 4) is 0 Å². The van der Waals surface area contributed by atoms with Gasteiger partial charge in [-0.15, -0.1) is 0 Å². The first-order valence-corrected chi connectivity index (χ1v) is 5.10. The van der Waals surface area contributed by atoms with Crippen molar-refractivity contribution < 1.29 is 14.6 Å². The maximum atomic E-state index is 10.6. The van der Waals surface area contributed by atoms with Gasteiger partial charge in [-0.25, -0.2) is 0 Å². The average molecular weight is 184 g/mol. The van der Waals surface area contributed by atoms with Crippen LogP contribution >= 0.6 is 0 Å². The molecule has 74 valence electrons. The number of hydrogen-bond acceptors (Lipinski definition) is 2. The molecule has 0 bridgehead atoms. The molecule has 2 atom stereocenters. The van der Waals surface area contributed by atoms with Gasteiger partial charge in [-0.2, -0.15) is 0 Å². The van der Waals surface area contributed by atoms with Crippen LogP contribution in [0.5, 0.6) is 0 Å². The summed E-state index contributed by atoms with van der Waals surface area (Å²) in [7, 11) is 0. The lowest BCUT2D eigenvalue weighted by atomic mass is 10.1. The molecule has 2 unspecified atom stereocenters. The molecule has 0 heterocycles. The molecule has 2 aliphatic carbocycles. The molecule has 0 saturated heterocycles. The van der Waals surface area contributed by atoms with Gasteiger partial charge in [-0.1, -0.05) is 0 Å². The molecular weight excluding hydrogens is 168 g/mol. The Bertz CT molecular complexity index is 198. The van der Waals surface area contributed by atoms with Crippen LogP contribution in [0.25, 0.3) is 0 Å². The Balaban J connectivity index is 1.67. The Kier molecular flexibility index (Phi) is 2.54. The third kappa shape index (κ3) is 2.44. The van der Waals surface area contributed by atoms with Crippen molar-refractivity contribution in [2.45, 2.75) is 38.2 Å². The number of carboxylic acid groups (broad SMARTS) is 1. The summed E-state index contributed by atoms with van der Waals surface area (Å²) in [4.78, 5) is 10.6. The number of carboxylic acids is 1. The highest BCUT2D eigenvalue weighted by Gasteiger charge is 2.31. The minimum absolute atomic E-state index is 0.149. The number of ether oxygens (including phenoxy) is 1. The van der Waals surface area contributed by atoms with Crippen LogP contribution < -0.4 is 0 Å². The van der Waals surface area contributed by atoms with Crippen molar-refractivity contribution in [1.82, 2.24) is 0 Å². The van der Waals surface area contributed by atoms with E-state index in [2.05, 4.69) is 0 Å². The zero-order valence-electron chi connectivity index (χ0n) is 7.74. The van der Waals surface area contributed by atoms with Crippen LogP contribution in [0.4, 0.5) is 0 Å². The molecule has 0 aromatic rings. The van der Waals surface area contributed by atoms with E-state index in [0.717, 1.165) is 31.8 Å². The van der Waals surface area contributed by atoms with E-state index in [-0.39, 0.29) is 12.0 Å². The predicted molar refractivity (Wildman–Crippen MR) is 47.4 cm³/mol. The fourth-order valence-electron chi connectivity index (χ4n) is 1.87. The van der Waals surface area contributed by atoms with Crippen LogP contribution in [-0.2, 0) is 9.53 Å². The topological polar surface area (TPSA) is 46.5 Å². The second-order valence-corrected chi connectivity index (χ2v) is 4.25. The fourth-order valence-corrected chi connectivity index (χ4v) is 1.87. The number of carbonyl (C=O) groups is 1. The lowest BCUT2D eigenvalue weighted by molar-refractivity contribution is -0.141. The molecule has 2 rings (SSSR count). The van der Waals surface area contributed by atoms with E-state index in [1.54, 1.807) is 0 Å². The standard InChI is InChI=1S/C10H16O3/c11-10(12)8-3-4-9(5-8)13-6-7-1-2-7/h7-9H,1-6H2,(H,11,12). The van der Waals surface area contributed by atoms with Gasteiger partial charge in [0.1, 0.15) is 0 Å². The molecule has 3 nitrogen and oxygen atoms in total. The van der Waals surface area contributed by atoms with Crippen LogP contribution in [0, 0.1) is 11.8 Å². The smallest absolute Gasteiger partial charge is 0.306 e. The number of aliphatic carboxylic acids is 1. The summed E-state index contributed by atoms with van der Waals surface area (Å²) in [5.74, 6) is -0.0226. The van der Waals surface area contributed by atoms with Crippen LogP contribution in [0.15, 0.2) is 0 Å². The highest BCUT2D eigenvalue weighted by molar-refractivity contribution is 5.70. The van der Waals surface area contributed by atoms with Gasteiger partial charge in [-0.3, -0.25) is 4.79 Å². The molecule has 0 aliphatic heterocycles. The van der Waals surface area contributed by atoms with E-state index in [0.29, 0.717) is 0 Å². The summed E-state index contributed by atoms with van der Waals surface area (Å²) in [5.41, 5.74) is 0. The van der Waals surface area contributed by atoms with Gasteiger partial charge >= 0.3 is 5.97 Å². The van der Waals surface area contributed by atoms with Gasteiger partial charge in [0.05, 0.1) is 12.0 Å². The van der Waals surface area contributed by atoms with Crippen molar-refractivity contribution >= 4 is 5.97 Å². The van der Waals surface area contributed by atoms with Crippen molar-refractivity contribution in [2.24, 2.45) is 11.8 Å². The molecule has 2 aliphatic rings. The SMILES string of the molecule is O=C(O)C1CCC(OCC2CC2)C1. The maximum Gasteiger partial charge on any atom is 0.306 e. The third-order valence-electron chi connectivity index (χ3n) is 3.00. The maximum absolute atomic E-state index is 10.6. The Labute approximate surface area is 78.1 Å². The Morgan fingerprint density at radius 2 is 2.08 bits per heavy atom. The molecule has 3 heteroatoms. The van der Waals surface area contributed by atoms with Crippen LogP contribution in [0.2, 0.25) is 0 Å². The van der Waals surface area contributed by atoms with Crippen molar-refractivity contribution in [1.29, 1.82) is 0 Å². The van der Waals surface area contributed by atoms with Crippen LogP contribution in [-0.4, -0.2) is 23.8 Å². The van der Waals surface area contributed by atoms with Crippen molar-refractivity contribution in [2.75, 3.05) is 6.61 Å². The molecule has 1 N–H and O–H groups in total. The second-order valence-electron chi connectivity index (χ2n) is 4.25. The first-order chi connectivity index (χ1) is 6.25. The van der Waals surface area contributed by atoms with Gasteiger partial charge in [0.2, 0.25) is 0 Å². The Morgan fingerprint density at radius 1 is 1.31 bits per heavy atom. The summed E-state index contributed by atoms with van der Waals surface area (Å²) < 4.78 is 5.64. The van der Waals surface area contributed by atoms with Crippen molar-refractivity contribution in [3.05, 3.63) is 0 Å². The lowest BCUT2D eigenvalue weighted by Gasteiger charge is -2.10. The molecule has 0 aromatic carbocycles. The van der Waals surface area contributed by atoms with E-state index in [1.807, 2.05) is 0 Å². The molecule has 2 fully saturated rings. The van der Waals surface area contributed by atoms with E-state index < -0.39 is 5.97 Å². The summed E-state index contributed by atoms with van der Waals surface area (Å²) in [6, 6.07) is 0. The minimum Gasteiger partial charge on any atom is -0.481 e. The summed E-state index contributed by atoms with van der Waals surface area (Å²) in [5, 5.41) is 8.77. The molecule has 0 spiro atoms.